The molecule has 17 heavy (non-hydrogen) atoms. The minimum absolute atomic E-state index is 0.0959. The van der Waals surface area contributed by atoms with Crippen LogP contribution in [0.25, 0.3) is 0 Å². The van der Waals surface area contributed by atoms with Crippen molar-refractivity contribution in [3.63, 3.8) is 0 Å². The third-order valence-corrected chi connectivity index (χ3v) is 4.32. The molecule has 4 heteroatoms. The van der Waals surface area contributed by atoms with Crippen molar-refractivity contribution in [2.24, 2.45) is 0 Å². The highest BCUT2D eigenvalue weighted by Crippen LogP contribution is 2.48. The predicted octanol–water partition coefficient (Wildman–Crippen LogP) is 2.32. The molecule has 3 saturated heterocycles. The van der Waals surface area contributed by atoms with Crippen LogP contribution in [-0.4, -0.2) is 41.9 Å². The summed E-state index contributed by atoms with van der Waals surface area (Å²) in [5, 5.41) is 0. The predicted molar refractivity (Wildman–Crippen MR) is 62.8 cm³/mol. The second-order valence-electron chi connectivity index (χ2n) is 5.64. The Balaban J connectivity index is 1.59. The van der Waals surface area contributed by atoms with Crippen LogP contribution >= 0.6 is 0 Å². The fourth-order valence-corrected chi connectivity index (χ4v) is 3.32. The second kappa shape index (κ2) is 4.16. The number of fused-ring (bicyclic) bond motifs is 2. The molecule has 0 aromatic heterocycles. The zero-order chi connectivity index (χ0) is 11.9. The minimum Gasteiger partial charge on any atom is -0.449 e. The van der Waals surface area contributed by atoms with E-state index in [1.807, 2.05) is 4.90 Å². The van der Waals surface area contributed by atoms with Crippen LogP contribution in [0.3, 0.4) is 0 Å². The van der Waals surface area contributed by atoms with E-state index in [2.05, 4.69) is 6.92 Å². The van der Waals surface area contributed by atoms with Crippen molar-refractivity contribution in [1.29, 1.82) is 0 Å². The lowest BCUT2D eigenvalue weighted by molar-refractivity contribution is 0.0483. The molecule has 3 atom stereocenters. The third kappa shape index (κ3) is 2.03. The zero-order valence-corrected chi connectivity index (χ0v) is 10.5. The van der Waals surface area contributed by atoms with Gasteiger partial charge in [0, 0.05) is 12.1 Å². The van der Waals surface area contributed by atoms with E-state index in [4.69, 9.17) is 9.47 Å². The van der Waals surface area contributed by atoms with Gasteiger partial charge in [0.05, 0.1) is 18.8 Å². The summed E-state index contributed by atoms with van der Waals surface area (Å²) in [6, 6.07) is 0.732. The lowest BCUT2D eigenvalue weighted by atomic mass is 9.91. The van der Waals surface area contributed by atoms with Gasteiger partial charge in [-0.25, -0.2) is 4.79 Å². The highest BCUT2D eigenvalue weighted by atomic mass is 16.6. The molecule has 3 fully saturated rings. The molecule has 1 spiro atoms. The molecule has 0 aromatic carbocycles. The summed E-state index contributed by atoms with van der Waals surface area (Å²) in [4.78, 5) is 14.0. The van der Waals surface area contributed by atoms with Crippen molar-refractivity contribution < 1.29 is 14.3 Å². The number of unbranched alkanes of at least 4 members (excludes halogenated alkanes) is 1. The highest BCUT2D eigenvalue weighted by Gasteiger charge is 2.57. The maximum Gasteiger partial charge on any atom is 0.410 e. The van der Waals surface area contributed by atoms with E-state index in [1.54, 1.807) is 0 Å². The fraction of sp³-hybridized carbons (Fsp3) is 0.923. The Labute approximate surface area is 102 Å². The zero-order valence-electron chi connectivity index (χ0n) is 10.5. The van der Waals surface area contributed by atoms with Crippen molar-refractivity contribution in [1.82, 2.24) is 4.90 Å². The van der Waals surface area contributed by atoms with E-state index >= 15 is 0 Å². The Morgan fingerprint density at radius 3 is 2.59 bits per heavy atom. The highest BCUT2D eigenvalue weighted by molar-refractivity contribution is 5.69. The average Bonchev–Trinajstić information content (AvgIpc) is 2.99. The van der Waals surface area contributed by atoms with E-state index in [-0.39, 0.29) is 11.7 Å². The molecule has 3 aliphatic heterocycles. The Bertz CT molecular complexity index is 298. The number of hydrogen-bond acceptors (Lipinski definition) is 3. The van der Waals surface area contributed by atoms with E-state index in [0.717, 1.165) is 45.1 Å². The summed E-state index contributed by atoms with van der Waals surface area (Å²) in [6.07, 6.45) is 6.22. The molecule has 4 nitrogen and oxygen atoms in total. The molecule has 0 aromatic rings. The normalized spacial score (nSPS) is 38.5. The van der Waals surface area contributed by atoms with Crippen LogP contribution in [0.1, 0.15) is 45.4 Å². The number of piperidine rings is 1. The molecule has 0 N–H and O–H groups in total. The van der Waals surface area contributed by atoms with Crippen LogP contribution in [-0.2, 0) is 9.47 Å². The van der Waals surface area contributed by atoms with Crippen LogP contribution in [0.2, 0.25) is 0 Å². The lowest BCUT2D eigenvalue weighted by Gasteiger charge is -2.36. The summed E-state index contributed by atoms with van der Waals surface area (Å²) < 4.78 is 10.9. The Morgan fingerprint density at radius 2 is 2.06 bits per heavy atom. The van der Waals surface area contributed by atoms with Crippen LogP contribution in [0, 0.1) is 0 Å². The number of ether oxygens (including phenoxy) is 2. The Hall–Kier alpha value is -0.770. The van der Waals surface area contributed by atoms with Crippen LogP contribution in [0.15, 0.2) is 0 Å². The van der Waals surface area contributed by atoms with E-state index in [9.17, 15) is 4.79 Å². The maximum absolute atomic E-state index is 12.0. The number of amides is 1. The number of nitrogens with zero attached hydrogens (tertiary/aromatic N) is 1. The van der Waals surface area contributed by atoms with Gasteiger partial charge in [-0.3, -0.25) is 0 Å². The quantitative estimate of drug-likeness (QED) is 0.560. The molecular formula is C13H21NO3. The minimum atomic E-state index is -0.0959. The van der Waals surface area contributed by atoms with Gasteiger partial charge in [0.15, 0.2) is 0 Å². The summed E-state index contributed by atoms with van der Waals surface area (Å²) in [6.45, 7) is 3.57. The SMILES string of the molecule is CCCCOC(=O)N1[C@@H]2CC[C@H]1CC1(CO1)C2. The molecule has 0 aliphatic carbocycles. The van der Waals surface area contributed by atoms with Crippen molar-refractivity contribution in [2.75, 3.05) is 13.2 Å². The van der Waals surface area contributed by atoms with Crippen molar-refractivity contribution >= 4 is 6.09 Å². The van der Waals surface area contributed by atoms with Crippen molar-refractivity contribution in [3.8, 4) is 0 Å². The van der Waals surface area contributed by atoms with Gasteiger partial charge in [-0.05, 0) is 32.1 Å². The molecule has 96 valence electrons. The van der Waals surface area contributed by atoms with Crippen molar-refractivity contribution in [2.45, 2.75) is 63.1 Å². The summed E-state index contributed by atoms with van der Waals surface area (Å²) in [7, 11) is 0. The van der Waals surface area contributed by atoms with E-state index < -0.39 is 0 Å². The van der Waals surface area contributed by atoms with Gasteiger partial charge < -0.3 is 14.4 Å². The van der Waals surface area contributed by atoms with Gasteiger partial charge in [0.2, 0.25) is 0 Å². The average molecular weight is 239 g/mol. The first-order valence-electron chi connectivity index (χ1n) is 6.83. The monoisotopic (exact) mass is 239 g/mol. The van der Waals surface area contributed by atoms with Crippen LogP contribution in [0.4, 0.5) is 4.79 Å². The smallest absolute Gasteiger partial charge is 0.410 e. The summed E-state index contributed by atoms with van der Waals surface area (Å²) in [5.41, 5.74) is 0.145. The van der Waals surface area contributed by atoms with E-state index in [0.29, 0.717) is 18.7 Å². The first-order valence-corrected chi connectivity index (χ1v) is 6.83. The number of hydrogen-bond donors (Lipinski definition) is 0. The molecule has 2 bridgehead atoms. The molecule has 1 amide bonds. The number of rotatable bonds is 3. The van der Waals surface area contributed by atoms with Gasteiger partial charge in [-0.15, -0.1) is 0 Å². The number of carbonyl (C=O) groups excluding carboxylic acids is 1. The maximum atomic E-state index is 12.0. The summed E-state index contributed by atoms with van der Waals surface area (Å²) in [5.74, 6) is 0. The standard InChI is InChI=1S/C13H21NO3/c1-2-3-6-16-12(15)14-10-4-5-11(14)8-13(7-10)9-17-13/h10-11H,2-9H2,1H3/t10-,11+,13?. The molecule has 1 unspecified atom stereocenters. The molecule has 0 saturated carbocycles. The number of epoxide rings is 1. The Kier molecular flexibility index (Phi) is 2.77. The molecule has 3 aliphatic rings. The van der Waals surface area contributed by atoms with Gasteiger partial charge in [-0.2, -0.15) is 0 Å². The van der Waals surface area contributed by atoms with Gasteiger partial charge >= 0.3 is 6.09 Å². The molecule has 3 heterocycles. The van der Waals surface area contributed by atoms with Crippen LogP contribution in [0.5, 0.6) is 0 Å². The van der Waals surface area contributed by atoms with Gasteiger partial charge in [0.1, 0.15) is 0 Å². The van der Waals surface area contributed by atoms with Crippen molar-refractivity contribution in [3.05, 3.63) is 0 Å². The summed E-state index contributed by atoms with van der Waals surface area (Å²) >= 11 is 0. The first kappa shape index (κ1) is 11.3. The topological polar surface area (TPSA) is 42.1 Å². The molecule has 3 rings (SSSR count). The van der Waals surface area contributed by atoms with Crippen LogP contribution < -0.4 is 0 Å². The molecular weight excluding hydrogens is 218 g/mol. The number of carbonyl (C=O) groups is 1. The second-order valence-corrected chi connectivity index (χ2v) is 5.64. The third-order valence-electron chi connectivity index (χ3n) is 4.32. The lowest BCUT2D eigenvalue weighted by Crippen LogP contribution is -2.49. The molecule has 0 radical (unpaired) electrons. The van der Waals surface area contributed by atoms with E-state index in [1.165, 1.54) is 0 Å². The largest absolute Gasteiger partial charge is 0.449 e. The first-order chi connectivity index (χ1) is 8.24. The van der Waals surface area contributed by atoms with Gasteiger partial charge in [-0.1, -0.05) is 13.3 Å². The van der Waals surface area contributed by atoms with Gasteiger partial charge in [0.25, 0.3) is 0 Å². The Morgan fingerprint density at radius 1 is 1.41 bits per heavy atom. The fourth-order valence-electron chi connectivity index (χ4n) is 3.32.